The summed E-state index contributed by atoms with van der Waals surface area (Å²) in [5, 5.41) is 11.1. The number of carbonyl (C=O) groups is 2. The lowest BCUT2D eigenvalue weighted by atomic mass is 10.2. The molecule has 0 N–H and O–H groups in total. The summed E-state index contributed by atoms with van der Waals surface area (Å²) in [6.07, 6.45) is 1.32. The summed E-state index contributed by atoms with van der Waals surface area (Å²) in [7, 11) is 2.76. The van der Waals surface area contributed by atoms with E-state index in [-0.39, 0.29) is 11.5 Å². The van der Waals surface area contributed by atoms with Gasteiger partial charge in [-0.3, -0.25) is 9.69 Å². The Morgan fingerprint density at radius 1 is 1.28 bits per heavy atom. The van der Waals surface area contributed by atoms with E-state index in [2.05, 4.69) is 9.72 Å². The Morgan fingerprint density at radius 2 is 1.96 bits per heavy atom. The number of benzene rings is 1. The van der Waals surface area contributed by atoms with Crippen molar-refractivity contribution in [3.8, 4) is 11.8 Å². The maximum absolute atomic E-state index is 12.1. The molecule has 7 nitrogen and oxygen atoms in total. The number of aromatic nitrogens is 1. The third kappa shape index (κ3) is 4.22. The molecule has 128 valence electrons. The first-order chi connectivity index (χ1) is 12.0. The lowest BCUT2D eigenvalue weighted by Crippen LogP contribution is -2.22. The monoisotopic (exact) mass is 357 g/mol. The lowest BCUT2D eigenvalue weighted by molar-refractivity contribution is -0.135. The fourth-order valence-corrected chi connectivity index (χ4v) is 2.84. The predicted octanol–water partition coefficient (Wildman–Crippen LogP) is 2.92. The van der Waals surface area contributed by atoms with E-state index in [9.17, 15) is 9.59 Å². The second-order valence-electron chi connectivity index (χ2n) is 4.77. The van der Waals surface area contributed by atoms with Crippen molar-refractivity contribution in [3.63, 3.8) is 0 Å². The number of ether oxygens (including phenoxy) is 2. The van der Waals surface area contributed by atoms with Crippen LogP contribution in [0.15, 0.2) is 35.2 Å². The highest BCUT2D eigenvalue weighted by Crippen LogP contribution is 2.30. The van der Waals surface area contributed by atoms with Gasteiger partial charge in [-0.05, 0) is 30.3 Å². The second kappa shape index (κ2) is 8.08. The van der Waals surface area contributed by atoms with Crippen LogP contribution in [-0.4, -0.2) is 31.1 Å². The molecular weight excluding hydrogens is 342 g/mol. The molecule has 8 heteroatoms. The summed E-state index contributed by atoms with van der Waals surface area (Å²) in [6.45, 7) is 1.43. The molecule has 0 atom stereocenters. The summed E-state index contributed by atoms with van der Waals surface area (Å²) in [5.74, 6) is -0.286. The van der Waals surface area contributed by atoms with Crippen molar-refractivity contribution in [1.29, 1.82) is 5.26 Å². The van der Waals surface area contributed by atoms with Gasteiger partial charge in [-0.1, -0.05) is 0 Å². The van der Waals surface area contributed by atoms with Crippen LogP contribution in [0.25, 0.3) is 6.08 Å². The fraction of sp³-hybridized carbons (Fsp3) is 0.176. The standard InChI is InChI=1S/C17H15N3O4S/c1-11(21)20(14-4-6-15(23-2)7-5-14)17-19-13(10-25-17)8-12(9-18)16(22)24-3/h4-8,10H,1-3H3/b12-8+. The smallest absolute Gasteiger partial charge is 0.348 e. The first-order valence-electron chi connectivity index (χ1n) is 7.10. The minimum absolute atomic E-state index is 0.168. The Bertz CT molecular complexity index is 850. The van der Waals surface area contributed by atoms with Crippen LogP contribution < -0.4 is 9.64 Å². The van der Waals surface area contributed by atoms with Crippen LogP contribution in [0.5, 0.6) is 5.75 Å². The molecule has 1 heterocycles. The lowest BCUT2D eigenvalue weighted by Gasteiger charge is -2.18. The molecule has 1 aromatic heterocycles. The molecule has 2 aromatic rings. The van der Waals surface area contributed by atoms with Gasteiger partial charge in [0.15, 0.2) is 5.13 Å². The fourth-order valence-electron chi connectivity index (χ4n) is 2.00. The van der Waals surface area contributed by atoms with Crippen molar-refractivity contribution in [1.82, 2.24) is 4.98 Å². The van der Waals surface area contributed by atoms with Crippen molar-refractivity contribution in [3.05, 3.63) is 40.9 Å². The number of hydrogen-bond acceptors (Lipinski definition) is 7. The van der Waals surface area contributed by atoms with Crippen LogP contribution in [0.2, 0.25) is 0 Å². The van der Waals surface area contributed by atoms with Gasteiger partial charge in [-0.25, -0.2) is 9.78 Å². The van der Waals surface area contributed by atoms with E-state index in [1.54, 1.807) is 42.8 Å². The summed E-state index contributed by atoms with van der Waals surface area (Å²) in [6, 6.07) is 8.73. The minimum Gasteiger partial charge on any atom is -0.497 e. The van der Waals surface area contributed by atoms with Crippen molar-refractivity contribution in [2.45, 2.75) is 6.92 Å². The van der Waals surface area contributed by atoms with Crippen LogP contribution in [0.4, 0.5) is 10.8 Å². The van der Waals surface area contributed by atoms with E-state index in [0.717, 1.165) is 0 Å². The third-order valence-electron chi connectivity index (χ3n) is 3.16. The number of nitriles is 1. The molecular formula is C17H15N3O4S. The molecule has 2 rings (SSSR count). The molecule has 0 spiro atoms. The molecule has 0 aliphatic carbocycles. The van der Waals surface area contributed by atoms with Crippen LogP contribution in [0, 0.1) is 11.3 Å². The minimum atomic E-state index is -0.740. The van der Waals surface area contributed by atoms with Gasteiger partial charge in [0.05, 0.1) is 25.6 Å². The Morgan fingerprint density at radius 3 is 2.48 bits per heavy atom. The number of anilines is 2. The van der Waals surface area contributed by atoms with Gasteiger partial charge in [0, 0.05) is 12.3 Å². The Hall–Kier alpha value is -3.18. The molecule has 0 aliphatic rings. The number of esters is 1. The van der Waals surface area contributed by atoms with Gasteiger partial charge in [0.1, 0.15) is 17.4 Å². The molecule has 1 aromatic carbocycles. The highest BCUT2D eigenvalue weighted by molar-refractivity contribution is 7.14. The van der Waals surface area contributed by atoms with Gasteiger partial charge in [-0.2, -0.15) is 5.26 Å². The Balaban J connectivity index is 2.36. The maximum Gasteiger partial charge on any atom is 0.348 e. The molecule has 0 saturated carbocycles. The van der Waals surface area contributed by atoms with E-state index < -0.39 is 5.97 Å². The first-order valence-corrected chi connectivity index (χ1v) is 7.98. The summed E-state index contributed by atoms with van der Waals surface area (Å²) in [5.41, 5.74) is 0.853. The van der Waals surface area contributed by atoms with Crippen LogP contribution in [0.1, 0.15) is 12.6 Å². The number of carbonyl (C=O) groups excluding carboxylic acids is 2. The summed E-state index contributed by atoms with van der Waals surface area (Å²) >= 11 is 1.22. The highest BCUT2D eigenvalue weighted by Gasteiger charge is 2.18. The Kier molecular flexibility index (Phi) is 5.87. The van der Waals surface area contributed by atoms with Gasteiger partial charge >= 0.3 is 5.97 Å². The summed E-state index contributed by atoms with van der Waals surface area (Å²) < 4.78 is 9.64. The maximum atomic E-state index is 12.1. The molecule has 0 aliphatic heterocycles. The number of nitrogens with zero attached hydrogens (tertiary/aromatic N) is 3. The van der Waals surface area contributed by atoms with E-state index in [1.165, 1.54) is 36.3 Å². The second-order valence-corrected chi connectivity index (χ2v) is 5.61. The Labute approximate surface area is 148 Å². The van der Waals surface area contributed by atoms with Gasteiger partial charge in [-0.15, -0.1) is 11.3 Å². The molecule has 0 radical (unpaired) electrons. The molecule has 0 fully saturated rings. The zero-order valence-electron chi connectivity index (χ0n) is 13.8. The predicted molar refractivity (Wildman–Crippen MR) is 93.5 cm³/mol. The topological polar surface area (TPSA) is 92.5 Å². The van der Waals surface area contributed by atoms with Crippen molar-refractivity contribution in [2.75, 3.05) is 19.1 Å². The zero-order chi connectivity index (χ0) is 18.4. The third-order valence-corrected chi connectivity index (χ3v) is 4.01. The van der Waals surface area contributed by atoms with Gasteiger partial charge in [0.2, 0.25) is 5.91 Å². The van der Waals surface area contributed by atoms with E-state index >= 15 is 0 Å². The normalized spacial score (nSPS) is 10.7. The highest BCUT2D eigenvalue weighted by atomic mass is 32.1. The molecule has 1 amide bonds. The molecule has 0 unspecified atom stereocenters. The van der Waals surface area contributed by atoms with Crippen molar-refractivity contribution in [2.24, 2.45) is 0 Å². The van der Waals surface area contributed by atoms with Crippen LogP contribution >= 0.6 is 11.3 Å². The first kappa shape index (κ1) is 18.2. The average Bonchev–Trinajstić information content (AvgIpc) is 3.07. The molecule has 0 saturated heterocycles. The average molecular weight is 357 g/mol. The number of thiazole rings is 1. The molecule has 25 heavy (non-hydrogen) atoms. The van der Waals surface area contributed by atoms with E-state index in [0.29, 0.717) is 22.3 Å². The van der Waals surface area contributed by atoms with Gasteiger partial charge < -0.3 is 9.47 Å². The van der Waals surface area contributed by atoms with Gasteiger partial charge in [0.25, 0.3) is 0 Å². The number of rotatable bonds is 5. The molecule has 0 bridgehead atoms. The van der Waals surface area contributed by atoms with Crippen LogP contribution in [0.3, 0.4) is 0 Å². The number of hydrogen-bond donors (Lipinski definition) is 0. The SMILES string of the molecule is COC(=O)/C(C#N)=C/c1csc(N(C(C)=O)c2ccc(OC)cc2)n1. The van der Waals surface area contributed by atoms with E-state index in [4.69, 9.17) is 10.00 Å². The quantitative estimate of drug-likeness (QED) is 0.464. The van der Waals surface area contributed by atoms with Crippen LogP contribution in [-0.2, 0) is 14.3 Å². The van der Waals surface area contributed by atoms with Crippen molar-refractivity contribution >= 4 is 40.1 Å². The largest absolute Gasteiger partial charge is 0.497 e. The number of methoxy groups -OCH3 is 2. The van der Waals surface area contributed by atoms with E-state index in [1.807, 2.05) is 0 Å². The zero-order valence-corrected chi connectivity index (χ0v) is 14.7. The number of amides is 1. The summed E-state index contributed by atoms with van der Waals surface area (Å²) in [4.78, 5) is 29.3. The van der Waals surface area contributed by atoms with Crippen molar-refractivity contribution < 1.29 is 19.1 Å².